The van der Waals surface area contributed by atoms with Crippen molar-refractivity contribution >= 4 is 15.9 Å². The molecule has 1 rings (SSSR count). The van der Waals surface area contributed by atoms with Crippen molar-refractivity contribution < 1.29 is 14.2 Å². The minimum Gasteiger partial charge on any atom is -0.487 e. The monoisotopic (exact) mass is 305 g/mol. The van der Waals surface area contributed by atoms with Crippen LogP contribution in [0.2, 0.25) is 0 Å². The van der Waals surface area contributed by atoms with Gasteiger partial charge in [0, 0.05) is 11.0 Å². The summed E-state index contributed by atoms with van der Waals surface area (Å²) >= 11 is 3.17. The van der Waals surface area contributed by atoms with Crippen molar-refractivity contribution in [3.05, 3.63) is 28.5 Å². The fraction of sp³-hybridized carbons (Fsp3) is 0.500. The highest BCUT2D eigenvalue weighted by atomic mass is 79.9. The van der Waals surface area contributed by atoms with Crippen LogP contribution < -0.4 is 10.1 Å². The lowest BCUT2D eigenvalue weighted by atomic mass is 10.1. The Kier molecular flexibility index (Phi) is 5.36. The molecule has 96 valence electrons. The summed E-state index contributed by atoms with van der Waals surface area (Å²) in [4.78, 5) is 0. The van der Waals surface area contributed by atoms with E-state index in [0.29, 0.717) is 11.0 Å². The molecule has 0 amide bonds. The van der Waals surface area contributed by atoms with Gasteiger partial charge in [-0.15, -0.1) is 0 Å². The fourth-order valence-corrected chi connectivity index (χ4v) is 1.60. The molecule has 0 bridgehead atoms. The van der Waals surface area contributed by atoms with Crippen LogP contribution in [0.4, 0.5) is 4.39 Å². The van der Waals surface area contributed by atoms with Crippen LogP contribution in [0.25, 0.3) is 0 Å². The van der Waals surface area contributed by atoms with E-state index in [2.05, 4.69) is 21.2 Å². The van der Waals surface area contributed by atoms with Gasteiger partial charge in [-0.2, -0.15) is 0 Å². The molecule has 3 nitrogen and oxygen atoms in total. The van der Waals surface area contributed by atoms with Gasteiger partial charge in [-0.1, -0.05) is 22.9 Å². The summed E-state index contributed by atoms with van der Waals surface area (Å²) in [6.45, 7) is 4.81. The van der Waals surface area contributed by atoms with Gasteiger partial charge in [0.05, 0.1) is 0 Å². The Morgan fingerprint density at radius 3 is 2.82 bits per heavy atom. The van der Waals surface area contributed by atoms with Crippen molar-refractivity contribution in [2.75, 3.05) is 19.7 Å². The first-order valence-electron chi connectivity index (χ1n) is 5.45. The summed E-state index contributed by atoms with van der Waals surface area (Å²) in [6, 6.07) is 4.55. The van der Waals surface area contributed by atoms with E-state index in [1.54, 1.807) is 13.0 Å². The van der Waals surface area contributed by atoms with Crippen molar-refractivity contribution in [2.45, 2.75) is 19.4 Å². The molecule has 0 spiro atoms. The number of benzene rings is 1. The van der Waals surface area contributed by atoms with Gasteiger partial charge in [-0.25, -0.2) is 4.39 Å². The van der Waals surface area contributed by atoms with Crippen LogP contribution in [0.1, 0.15) is 13.8 Å². The molecule has 17 heavy (non-hydrogen) atoms. The predicted octanol–water partition coefficient (Wildman–Crippen LogP) is 2.33. The summed E-state index contributed by atoms with van der Waals surface area (Å²) in [7, 11) is 0. The predicted molar refractivity (Wildman–Crippen MR) is 68.8 cm³/mol. The normalized spacial score (nSPS) is 14.4. The van der Waals surface area contributed by atoms with Crippen LogP contribution in [0.3, 0.4) is 0 Å². The third-order valence-electron chi connectivity index (χ3n) is 2.19. The molecule has 0 saturated carbocycles. The molecular weight excluding hydrogens is 289 g/mol. The lowest BCUT2D eigenvalue weighted by Gasteiger charge is -2.23. The maximum absolute atomic E-state index is 13.4. The number of likely N-dealkylation sites (N-methyl/N-ethyl adjacent to an activating group) is 1. The topological polar surface area (TPSA) is 41.5 Å². The third-order valence-corrected chi connectivity index (χ3v) is 2.68. The molecule has 0 fully saturated rings. The number of hydrogen-bond acceptors (Lipinski definition) is 3. The number of aliphatic hydroxyl groups is 1. The Morgan fingerprint density at radius 2 is 2.24 bits per heavy atom. The van der Waals surface area contributed by atoms with Gasteiger partial charge < -0.3 is 15.2 Å². The number of rotatable bonds is 6. The molecule has 0 aromatic heterocycles. The average molecular weight is 306 g/mol. The molecule has 1 unspecified atom stereocenters. The highest BCUT2D eigenvalue weighted by Crippen LogP contribution is 2.22. The number of nitrogens with one attached hydrogen (secondary N) is 1. The van der Waals surface area contributed by atoms with Crippen molar-refractivity contribution in [1.82, 2.24) is 5.32 Å². The minimum absolute atomic E-state index is 0.0402. The molecule has 0 aliphatic heterocycles. The zero-order valence-corrected chi connectivity index (χ0v) is 11.6. The second-order valence-electron chi connectivity index (χ2n) is 4.14. The summed E-state index contributed by atoms with van der Waals surface area (Å²) in [5, 5.41) is 13.0. The molecule has 1 aromatic carbocycles. The Morgan fingerprint density at radius 1 is 1.53 bits per heavy atom. The zero-order valence-electron chi connectivity index (χ0n) is 9.96. The van der Waals surface area contributed by atoms with Crippen LogP contribution in [-0.4, -0.2) is 30.4 Å². The average Bonchev–Trinajstić information content (AvgIpc) is 2.25. The van der Waals surface area contributed by atoms with Crippen LogP contribution >= 0.6 is 15.9 Å². The second kappa shape index (κ2) is 6.33. The van der Waals surface area contributed by atoms with Gasteiger partial charge in [0.15, 0.2) is 11.6 Å². The highest BCUT2D eigenvalue weighted by Gasteiger charge is 2.21. The standard InChI is InChI=1S/C12H17BrFNO2/c1-3-15-7-12(2,16)8-17-11-5-4-9(13)6-10(11)14/h4-6,15-16H,3,7-8H2,1-2H3. The SMILES string of the molecule is CCNCC(C)(O)COc1ccc(Br)cc1F. The van der Waals surface area contributed by atoms with Gasteiger partial charge in [-0.05, 0) is 31.7 Å². The van der Waals surface area contributed by atoms with E-state index in [1.165, 1.54) is 12.1 Å². The quantitative estimate of drug-likeness (QED) is 0.847. The Labute approximate surface area is 109 Å². The fourth-order valence-electron chi connectivity index (χ4n) is 1.27. The number of ether oxygens (including phenoxy) is 1. The van der Waals surface area contributed by atoms with E-state index < -0.39 is 11.4 Å². The van der Waals surface area contributed by atoms with Gasteiger partial charge in [-0.3, -0.25) is 0 Å². The van der Waals surface area contributed by atoms with E-state index >= 15 is 0 Å². The van der Waals surface area contributed by atoms with E-state index in [-0.39, 0.29) is 12.4 Å². The van der Waals surface area contributed by atoms with Crippen LogP contribution in [-0.2, 0) is 0 Å². The van der Waals surface area contributed by atoms with E-state index in [0.717, 1.165) is 6.54 Å². The van der Waals surface area contributed by atoms with Crippen molar-refractivity contribution in [3.8, 4) is 5.75 Å². The van der Waals surface area contributed by atoms with Gasteiger partial charge in [0.25, 0.3) is 0 Å². The lowest BCUT2D eigenvalue weighted by molar-refractivity contribution is 0.0116. The van der Waals surface area contributed by atoms with E-state index in [4.69, 9.17) is 4.74 Å². The number of hydrogen-bond donors (Lipinski definition) is 2. The summed E-state index contributed by atoms with van der Waals surface area (Å²) in [5.41, 5.74) is -1.02. The van der Waals surface area contributed by atoms with E-state index in [1.807, 2.05) is 6.92 Å². The van der Waals surface area contributed by atoms with Gasteiger partial charge >= 0.3 is 0 Å². The van der Waals surface area contributed by atoms with Crippen molar-refractivity contribution in [2.24, 2.45) is 0 Å². The van der Waals surface area contributed by atoms with Crippen LogP contribution in [0.15, 0.2) is 22.7 Å². The first kappa shape index (κ1) is 14.4. The smallest absolute Gasteiger partial charge is 0.166 e. The molecule has 0 aliphatic carbocycles. The lowest BCUT2D eigenvalue weighted by Crippen LogP contribution is -2.42. The molecule has 5 heteroatoms. The molecular formula is C12H17BrFNO2. The first-order valence-corrected chi connectivity index (χ1v) is 6.25. The highest BCUT2D eigenvalue weighted by molar-refractivity contribution is 9.10. The molecule has 1 atom stereocenters. The van der Waals surface area contributed by atoms with Crippen LogP contribution in [0.5, 0.6) is 5.75 Å². The summed E-state index contributed by atoms with van der Waals surface area (Å²) < 4.78 is 19.3. The van der Waals surface area contributed by atoms with Crippen molar-refractivity contribution in [3.63, 3.8) is 0 Å². The Hall–Kier alpha value is -0.650. The molecule has 2 N–H and O–H groups in total. The van der Waals surface area contributed by atoms with Crippen LogP contribution in [0, 0.1) is 5.82 Å². The summed E-state index contributed by atoms with van der Waals surface area (Å²) in [5.74, 6) is -0.302. The molecule has 1 aromatic rings. The Bertz CT molecular complexity index is 372. The second-order valence-corrected chi connectivity index (χ2v) is 5.06. The van der Waals surface area contributed by atoms with E-state index in [9.17, 15) is 9.50 Å². The zero-order chi connectivity index (χ0) is 12.9. The van der Waals surface area contributed by atoms with Crippen molar-refractivity contribution in [1.29, 1.82) is 0 Å². The number of halogens is 2. The maximum Gasteiger partial charge on any atom is 0.166 e. The summed E-state index contributed by atoms with van der Waals surface area (Å²) in [6.07, 6.45) is 0. The molecule has 0 aliphatic rings. The van der Waals surface area contributed by atoms with Gasteiger partial charge in [0.1, 0.15) is 12.2 Å². The largest absolute Gasteiger partial charge is 0.487 e. The minimum atomic E-state index is -1.02. The Balaban J connectivity index is 2.54. The third kappa shape index (κ3) is 5.02. The van der Waals surface area contributed by atoms with Gasteiger partial charge in [0.2, 0.25) is 0 Å². The molecule has 0 radical (unpaired) electrons. The first-order chi connectivity index (χ1) is 7.94. The molecule has 0 saturated heterocycles. The molecule has 0 heterocycles. The maximum atomic E-state index is 13.4.